The van der Waals surface area contributed by atoms with Crippen molar-refractivity contribution in [3.63, 3.8) is 0 Å². The minimum atomic E-state index is -0.474. The van der Waals surface area contributed by atoms with Gasteiger partial charge >= 0.3 is 0 Å². The van der Waals surface area contributed by atoms with Crippen LogP contribution >= 0.6 is 0 Å². The molecule has 0 fully saturated rings. The van der Waals surface area contributed by atoms with Gasteiger partial charge < -0.3 is 15.4 Å². The fourth-order valence-electron chi connectivity index (χ4n) is 3.55. The van der Waals surface area contributed by atoms with Crippen LogP contribution in [0.15, 0.2) is 109 Å². The molecule has 0 unspecified atom stereocenters. The first kappa shape index (κ1) is 23.4. The smallest absolute Gasteiger partial charge is 0.256 e. The molecule has 0 saturated carbocycles. The van der Waals surface area contributed by atoms with E-state index in [0.717, 1.165) is 5.75 Å². The zero-order valence-corrected chi connectivity index (χ0v) is 18.9. The van der Waals surface area contributed by atoms with Gasteiger partial charge in [-0.15, -0.1) is 0 Å². The Kier molecular flexibility index (Phi) is 7.66. The van der Waals surface area contributed by atoms with Crippen LogP contribution in [0.4, 0.5) is 5.69 Å². The Bertz CT molecular complexity index is 1320. The molecule has 0 atom stereocenters. The molecule has 0 bridgehead atoms. The maximum Gasteiger partial charge on any atom is 0.256 e. The van der Waals surface area contributed by atoms with Gasteiger partial charge in [0.1, 0.15) is 12.4 Å². The van der Waals surface area contributed by atoms with E-state index in [1.807, 2.05) is 36.4 Å². The van der Waals surface area contributed by atoms with Crippen molar-refractivity contribution in [1.29, 1.82) is 0 Å². The lowest BCUT2D eigenvalue weighted by molar-refractivity contribution is 0.0947. The predicted octanol–water partition coefficient (Wildman–Crippen LogP) is 4.98. The minimum absolute atomic E-state index is 0.229. The monoisotopic (exact) mass is 464 g/mol. The Hall–Kier alpha value is -4.71. The highest BCUT2D eigenvalue weighted by Crippen LogP contribution is 2.20. The molecule has 2 N–H and O–H groups in total. The topological polar surface area (TPSA) is 84.5 Å². The molecular weight excluding hydrogens is 440 g/mol. The van der Waals surface area contributed by atoms with E-state index in [-0.39, 0.29) is 22.8 Å². The molecule has 174 valence electrons. The molecular formula is C29H24N2O4. The van der Waals surface area contributed by atoms with Crippen molar-refractivity contribution in [2.24, 2.45) is 0 Å². The van der Waals surface area contributed by atoms with E-state index in [1.54, 1.807) is 72.8 Å². The number of para-hydroxylation sites is 2. The molecule has 0 aliphatic rings. The Morgan fingerprint density at radius 3 is 1.89 bits per heavy atom. The number of carbonyl (C=O) groups excluding carboxylic acids is 3. The molecule has 4 aromatic carbocycles. The van der Waals surface area contributed by atoms with E-state index in [1.165, 1.54) is 0 Å². The van der Waals surface area contributed by atoms with Crippen molar-refractivity contribution in [1.82, 2.24) is 5.32 Å². The van der Waals surface area contributed by atoms with Crippen LogP contribution in [0.3, 0.4) is 0 Å². The van der Waals surface area contributed by atoms with Crippen LogP contribution in [-0.4, -0.2) is 30.7 Å². The first-order chi connectivity index (χ1) is 17.1. The fraction of sp³-hybridized carbons (Fsp3) is 0.0690. The lowest BCUT2D eigenvalue weighted by Crippen LogP contribution is -2.29. The molecule has 0 heterocycles. The number of amides is 2. The minimum Gasteiger partial charge on any atom is -0.492 e. The fourth-order valence-corrected chi connectivity index (χ4v) is 3.55. The maximum absolute atomic E-state index is 13.1. The highest BCUT2D eigenvalue weighted by molar-refractivity contribution is 6.18. The van der Waals surface area contributed by atoms with Gasteiger partial charge in [0.25, 0.3) is 11.8 Å². The first-order valence-corrected chi connectivity index (χ1v) is 11.2. The normalized spacial score (nSPS) is 10.3. The summed E-state index contributed by atoms with van der Waals surface area (Å²) < 4.78 is 5.60. The number of ketones is 1. The van der Waals surface area contributed by atoms with Gasteiger partial charge in [0.05, 0.1) is 23.4 Å². The van der Waals surface area contributed by atoms with Crippen LogP contribution in [0, 0.1) is 0 Å². The second kappa shape index (κ2) is 11.4. The van der Waals surface area contributed by atoms with Gasteiger partial charge in [-0.25, -0.2) is 0 Å². The van der Waals surface area contributed by atoms with E-state index in [9.17, 15) is 14.4 Å². The van der Waals surface area contributed by atoms with E-state index in [0.29, 0.717) is 30.0 Å². The summed E-state index contributed by atoms with van der Waals surface area (Å²) >= 11 is 0. The number of benzene rings is 4. The molecule has 35 heavy (non-hydrogen) atoms. The van der Waals surface area contributed by atoms with Crippen LogP contribution in [0.5, 0.6) is 5.75 Å². The number of nitrogens with one attached hydrogen (secondary N) is 2. The molecule has 0 aromatic heterocycles. The van der Waals surface area contributed by atoms with Crippen molar-refractivity contribution < 1.29 is 19.1 Å². The predicted molar refractivity (Wildman–Crippen MR) is 135 cm³/mol. The summed E-state index contributed by atoms with van der Waals surface area (Å²) in [5.74, 6) is -0.345. The quantitative estimate of drug-likeness (QED) is 0.270. The van der Waals surface area contributed by atoms with Crippen LogP contribution < -0.4 is 15.4 Å². The number of hydrogen-bond donors (Lipinski definition) is 2. The summed E-state index contributed by atoms with van der Waals surface area (Å²) in [4.78, 5) is 38.9. The average Bonchev–Trinajstić information content (AvgIpc) is 2.92. The molecule has 6 heteroatoms. The lowest BCUT2D eigenvalue weighted by Gasteiger charge is -2.13. The number of hydrogen-bond acceptors (Lipinski definition) is 4. The van der Waals surface area contributed by atoms with Gasteiger partial charge in [-0.3, -0.25) is 14.4 Å². The van der Waals surface area contributed by atoms with Crippen molar-refractivity contribution in [3.8, 4) is 5.75 Å². The summed E-state index contributed by atoms with van der Waals surface area (Å²) in [5, 5.41) is 5.59. The molecule has 0 radical (unpaired) electrons. The number of ether oxygens (including phenoxy) is 1. The average molecular weight is 465 g/mol. The number of anilines is 1. The van der Waals surface area contributed by atoms with Crippen LogP contribution in [-0.2, 0) is 0 Å². The zero-order chi connectivity index (χ0) is 24.5. The van der Waals surface area contributed by atoms with Crippen molar-refractivity contribution in [2.75, 3.05) is 18.5 Å². The number of carbonyl (C=O) groups is 3. The molecule has 0 aliphatic carbocycles. The second-order valence-corrected chi connectivity index (χ2v) is 7.66. The van der Waals surface area contributed by atoms with Crippen LogP contribution in [0.1, 0.15) is 36.6 Å². The van der Waals surface area contributed by atoms with Gasteiger partial charge in [-0.05, 0) is 30.3 Å². The lowest BCUT2D eigenvalue weighted by atomic mass is 9.98. The molecule has 0 aliphatic heterocycles. The summed E-state index contributed by atoms with van der Waals surface area (Å²) in [6.45, 7) is 0.601. The van der Waals surface area contributed by atoms with Crippen molar-refractivity contribution >= 4 is 23.3 Å². The third-order valence-corrected chi connectivity index (χ3v) is 5.27. The van der Waals surface area contributed by atoms with Gasteiger partial charge in [-0.2, -0.15) is 0 Å². The highest BCUT2D eigenvalue weighted by Gasteiger charge is 2.20. The summed E-state index contributed by atoms with van der Waals surface area (Å²) in [6.07, 6.45) is 0. The van der Waals surface area contributed by atoms with E-state index >= 15 is 0 Å². The molecule has 4 rings (SSSR count). The van der Waals surface area contributed by atoms with Gasteiger partial charge in [0, 0.05) is 11.1 Å². The molecule has 4 aromatic rings. The van der Waals surface area contributed by atoms with E-state index in [4.69, 9.17) is 4.74 Å². The highest BCUT2D eigenvalue weighted by atomic mass is 16.5. The summed E-state index contributed by atoms with van der Waals surface area (Å²) in [7, 11) is 0. The summed E-state index contributed by atoms with van der Waals surface area (Å²) in [5.41, 5.74) is 1.67. The molecule has 6 nitrogen and oxygen atoms in total. The largest absolute Gasteiger partial charge is 0.492 e. The van der Waals surface area contributed by atoms with Gasteiger partial charge in [0.15, 0.2) is 5.78 Å². The Balaban J connectivity index is 1.45. The van der Waals surface area contributed by atoms with E-state index < -0.39 is 5.91 Å². The standard InChI is InChI=1S/C29H24N2O4/c32-27(21-11-3-1-4-12-21)23-15-7-8-16-24(23)29(34)31-26-18-10-9-17-25(26)28(33)30-19-20-35-22-13-5-2-6-14-22/h1-18H,19-20H2,(H,30,33)(H,31,34). The van der Waals surface area contributed by atoms with E-state index in [2.05, 4.69) is 10.6 Å². The van der Waals surface area contributed by atoms with Crippen molar-refractivity contribution in [3.05, 3.63) is 131 Å². The zero-order valence-electron chi connectivity index (χ0n) is 18.9. The molecule has 0 spiro atoms. The van der Waals surface area contributed by atoms with Crippen LogP contribution in [0.25, 0.3) is 0 Å². The number of rotatable bonds is 9. The molecule has 0 saturated heterocycles. The molecule has 2 amide bonds. The third kappa shape index (κ3) is 6.00. The first-order valence-electron chi connectivity index (χ1n) is 11.2. The SMILES string of the molecule is O=C(NCCOc1ccccc1)c1ccccc1NC(=O)c1ccccc1C(=O)c1ccccc1. The Morgan fingerprint density at radius 1 is 0.600 bits per heavy atom. The van der Waals surface area contributed by atoms with Crippen molar-refractivity contribution in [2.45, 2.75) is 0 Å². The Morgan fingerprint density at radius 2 is 1.17 bits per heavy atom. The second-order valence-electron chi connectivity index (χ2n) is 7.66. The Labute approximate surface area is 203 Å². The third-order valence-electron chi connectivity index (χ3n) is 5.27. The van der Waals surface area contributed by atoms with Gasteiger partial charge in [-0.1, -0.05) is 78.9 Å². The van der Waals surface area contributed by atoms with Crippen LogP contribution in [0.2, 0.25) is 0 Å². The summed E-state index contributed by atoms with van der Waals surface area (Å²) in [6, 6.07) is 31.5. The maximum atomic E-state index is 13.1. The van der Waals surface area contributed by atoms with Gasteiger partial charge in [0.2, 0.25) is 0 Å².